The maximum absolute atomic E-state index is 2.48. The third kappa shape index (κ3) is 6.64. The molecule has 0 N–H and O–H groups in total. The molecule has 0 aliphatic heterocycles. The van der Waals surface area contributed by atoms with Crippen LogP contribution in [-0.2, 0) is 5.41 Å². The van der Waals surface area contributed by atoms with Gasteiger partial charge in [-0.05, 0) is 132 Å². The van der Waals surface area contributed by atoms with Crippen LogP contribution in [0.1, 0.15) is 22.3 Å². The minimum atomic E-state index is -0.523. The van der Waals surface area contributed by atoms with Crippen LogP contribution in [0.2, 0.25) is 0 Å². The summed E-state index contributed by atoms with van der Waals surface area (Å²) in [5.41, 5.74) is 19.9. The maximum atomic E-state index is 2.48. The van der Waals surface area contributed by atoms with E-state index in [-0.39, 0.29) is 0 Å². The van der Waals surface area contributed by atoms with E-state index >= 15 is 0 Å². The highest BCUT2D eigenvalue weighted by atomic mass is 15.1. The van der Waals surface area contributed by atoms with Gasteiger partial charge in [-0.25, -0.2) is 0 Å². The zero-order chi connectivity index (χ0) is 43.9. The Bertz CT molecular complexity index is 3400. The van der Waals surface area contributed by atoms with Crippen molar-refractivity contribution in [2.45, 2.75) is 5.41 Å². The zero-order valence-electron chi connectivity index (χ0n) is 36.4. The molecule has 0 fully saturated rings. The van der Waals surface area contributed by atoms with Crippen molar-refractivity contribution >= 4 is 27.8 Å². The summed E-state index contributed by atoms with van der Waals surface area (Å²) in [5, 5.41) is 2.47. The van der Waals surface area contributed by atoms with Gasteiger partial charge in [-0.1, -0.05) is 224 Å². The summed E-state index contributed by atoms with van der Waals surface area (Å²) in [4.78, 5) is 2.48. The molecule has 0 amide bonds. The first-order valence-corrected chi connectivity index (χ1v) is 22.8. The normalized spacial score (nSPS) is 12.4. The predicted molar refractivity (Wildman–Crippen MR) is 278 cm³/mol. The van der Waals surface area contributed by atoms with Crippen LogP contribution in [0.3, 0.4) is 0 Å². The molecule has 310 valence electrons. The Morgan fingerprint density at radius 1 is 0.273 bits per heavy atom. The highest BCUT2D eigenvalue weighted by molar-refractivity contribution is 6.00. The topological polar surface area (TPSA) is 3.24 Å². The summed E-state index contributed by atoms with van der Waals surface area (Å²) in [6, 6.07) is 100. The van der Waals surface area contributed by atoms with Crippen molar-refractivity contribution < 1.29 is 0 Å². The first-order valence-electron chi connectivity index (χ1n) is 22.8. The molecular formula is C65H45N. The van der Waals surface area contributed by atoms with E-state index in [0.717, 1.165) is 22.6 Å². The lowest BCUT2D eigenvalue weighted by Crippen LogP contribution is -2.28. The highest BCUT2D eigenvalue weighted by Crippen LogP contribution is 2.59. The predicted octanol–water partition coefficient (Wildman–Crippen LogP) is 17.3. The van der Waals surface area contributed by atoms with Crippen molar-refractivity contribution in [2.75, 3.05) is 4.90 Å². The smallest absolute Gasteiger partial charge is 0.0714 e. The summed E-state index contributed by atoms with van der Waals surface area (Å²) >= 11 is 0. The highest BCUT2D eigenvalue weighted by Gasteiger charge is 2.47. The van der Waals surface area contributed by atoms with Crippen molar-refractivity contribution in [3.63, 3.8) is 0 Å². The molecule has 66 heavy (non-hydrogen) atoms. The third-order valence-corrected chi connectivity index (χ3v) is 13.5. The molecule has 0 radical (unpaired) electrons. The summed E-state index contributed by atoms with van der Waals surface area (Å²) in [7, 11) is 0. The molecule has 11 aromatic rings. The Morgan fingerprint density at radius 3 is 1.39 bits per heavy atom. The molecule has 0 unspecified atom stereocenters. The van der Waals surface area contributed by atoms with E-state index < -0.39 is 5.41 Å². The lowest BCUT2D eigenvalue weighted by atomic mass is 9.68. The number of rotatable bonds is 9. The Balaban J connectivity index is 1.08. The average Bonchev–Trinajstić information content (AvgIpc) is 3.71. The van der Waals surface area contributed by atoms with Gasteiger partial charge in [0, 0.05) is 16.9 Å². The molecule has 12 rings (SSSR count). The van der Waals surface area contributed by atoms with Crippen LogP contribution in [0.4, 0.5) is 17.1 Å². The first kappa shape index (κ1) is 39.1. The summed E-state index contributed by atoms with van der Waals surface area (Å²) < 4.78 is 0. The van der Waals surface area contributed by atoms with Crippen LogP contribution in [0.5, 0.6) is 0 Å². The van der Waals surface area contributed by atoms with Gasteiger partial charge in [-0.3, -0.25) is 0 Å². The second-order valence-electron chi connectivity index (χ2n) is 17.2. The zero-order valence-corrected chi connectivity index (χ0v) is 36.4. The van der Waals surface area contributed by atoms with Crippen LogP contribution in [-0.4, -0.2) is 0 Å². The van der Waals surface area contributed by atoms with Gasteiger partial charge in [-0.15, -0.1) is 0 Å². The van der Waals surface area contributed by atoms with Gasteiger partial charge in [0.2, 0.25) is 0 Å². The van der Waals surface area contributed by atoms with Crippen molar-refractivity contribution in [3.8, 4) is 55.6 Å². The van der Waals surface area contributed by atoms with Gasteiger partial charge < -0.3 is 4.90 Å². The van der Waals surface area contributed by atoms with Crippen molar-refractivity contribution in [1.82, 2.24) is 0 Å². The monoisotopic (exact) mass is 839 g/mol. The molecule has 0 spiro atoms. The van der Waals surface area contributed by atoms with E-state index in [1.807, 2.05) is 0 Å². The summed E-state index contributed by atoms with van der Waals surface area (Å²) in [6.07, 6.45) is 0. The second-order valence-corrected chi connectivity index (χ2v) is 17.2. The minimum absolute atomic E-state index is 0.523. The molecule has 0 heterocycles. The van der Waals surface area contributed by atoms with Gasteiger partial charge in [0.1, 0.15) is 0 Å². The SMILES string of the molecule is c1ccc(-c2cc(-c3ccccc3)cc(-c3ccc(N(c4cccc(-c5cccc6ccccc56)c4)c4cccc5c4-c4ccccc4C5(c4ccccc4)c4ccccc4)cc3)c2)cc1. The van der Waals surface area contributed by atoms with E-state index in [0.29, 0.717) is 0 Å². The van der Waals surface area contributed by atoms with Gasteiger partial charge in [0.15, 0.2) is 0 Å². The van der Waals surface area contributed by atoms with Gasteiger partial charge in [0.05, 0.1) is 11.1 Å². The largest absolute Gasteiger partial charge is 0.310 e. The van der Waals surface area contributed by atoms with Crippen molar-refractivity contribution in [3.05, 3.63) is 295 Å². The quantitative estimate of drug-likeness (QED) is 0.140. The number of anilines is 3. The van der Waals surface area contributed by atoms with Gasteiger partial charge in [-0.2, -0.15) is 0 Å². The summed E-state index contributed by atoms with van der Waals surface area (Å²) in [5.74, 6) is 0. The number of benzene rings is 11. The van der Waals surface area contributed by atoms with Crippen LogP contribution in [0.25, 0.3) is 66.4 Å². The lowest BCUT2D eigenvalue weighted by Gasteiger charge is -2.34. The third-order valence-electron chi connectivity index (χ3n) is 13.5. The molecule has 0 saturated carbocycles. The Hall–Kier alpha value is -8.52. The molecular weight excluding hydrogens is 795 g/mol. The van der Waals surface area contributed by atoms with E-state index in [1.165, 1.54) is 83.1 Å². The Kier molecular flexibility index (Phi) is 9.81. The Labute approximate surface area is 387 Å². The van der Waals surface area contributed by atoms with Crippen molar-refractivity contribution in [2.24, 2.45) is 0 Å². The fourth-order valence-electron chi connectivity index (χ4n) is 10.6. The Morgan fingerprint density at radius 2 is 0.742 bits per heavy atom. The molecule has 0 saturated heterocycles. The number of hydrogen-bond acceptors (Lipinski definition) is 1. The summed E-state index contributed by atoms with van der Waals surface area (Å²) in [6.45, 7) is 0. The molecule has 1 nitrogen and oxygen atoms in total. The second kappa shape index (κ2) is 16.6. The van der Waals surface area contributed by atoms with Crippen LogP contribution >= 0.6 is 0 Å². The number of fused-ring (bicyclic) bond motifs is 4. The fraction of sp³-hybridized carbons (Fsp3) is 0.0154. The van der Waals surface area contributed by atoms with Gasteiger partial charge in [0.25, 0.3) is 0 Å². The fourth-order valence-corrected chi connectivity index (χ4v) is 10.6. The van der Waals surface area contributed by atoms with E-state index in [4.69, 9.17) is 0 Å². The lowest BCUT2D eigenvalue weighted by molar-refractivity contribution is 0.768. The van der Waals surface area contributed by atoms with E-state index in [1.54, 1.807) is 0 Å². The average molecular weight is 840 g/mol. The standard InChI is InChI=1S/C65H45N/c1-5-20-46(21-6-1)51-42-52(47-22-7-2-8-23-47)44-53(43-51)48-38-40-56(41-39-48)66(57-31-17-26-50(45-57)59-34-18-25-49-24-13-14-32-58(49)59)63-37-19-36-62-64(63)60-33-15-16-35-61(60)65(62,54-27-9-3-10-28-54)55-29-11-4-12-30-55/h1-45H. The maximum Gasteiger partial charge on any atom is 0.0714 e. The minimum Gasteiger partial charge on any atom is -0.310 e. The van der Waals surface area contributed by atoms with E-state index in [2.05, 4.69) is 278 Å². The van der Waals surface area contributed by atoms with E-state index in [9.17, 15) is 0 Å². The molecule has 1 aliphatic rings. The molecule has 0 bridgehead atoms. The number of nitrogens with zero attached hydrogens (tertiary/aromatic N) is 1. The molecule has 0 atom stereocenters. The van der Waals surface area contributed by atoms with Gasteiger partial charge >= 0.3 is 0 Å². The molecule has 1 aliphatic carbocycles. The molecule has 1 heteroatoms. The molecule has 11 aromatic carbocycles. The van der Waals surface area contributed by atoms with Crippen molar-refractivity contribution in [1.29, 1.82) is 0 Å². The first-order chi connectivity index (χ1) is 32.7. The van der Waals surface area contributed by atoms with Crippen LogP contribution in [0.15, 0.2) is 273 Å². The molecule has 0 aromatic heterocycles. The van der Waals surface area contributed by atoms with Crippen LogP contribution < -0.4 is 4.90 Å². The number of hydrogen-bond donors (Lipinski definition) is 0. The van der Waals surface area contributed by atoms with Crippen LogP contribution in [0, 0.1) is 0 Å².